The third-order valence-electron chi connectivity index (χ3n) is 1.56. The number of nitrogens with zero attached hydrogens (tertiary/aromatic N) is 1. The second-order valence-corrected chi connectivity index (χ2v) is 2.58. The molecule has 0 aliphatic rings. The zero-order chi connectivity index (χ0) is 8.27. The molecule has 0 aromatic carbocycles. The molecule has 4 heteroatoms. The molecule has 1 rings (SSSR count). The third kappa shape index (κ3) is 2.07. The van der Waals surface area contributed by atoms with E-state index in [9.17, 15) is 4.79 Å². The fourth-order valence-electron chi connectivity index (χ4n) is 0.948. The Hall–Kier alpha value is -1.32. The van der Waals surface area contributed by atoms with Crippen molar-refractivity contribution in [3.05, 3.63) is 18.2 Å². The van der Waals surface area contributed by atoms with Gasteiger partial charge in [0.2, 0.25) is 5.91 Å². The van der Waals surface area contributed by atoms with Crippen molar-refractivity contribution < 1.29 is 4.79 Å². The minimum atomic E-state index is -0.285. The van der Waals surface area contributed by atoms with Crippen molar-refractivity contribution in [1.29, 1.82) is 0 Å². The molecule has 0 bridgehead atoms. The Kier molecular flexibility index (Phi) is 2.25. The predicted molar refractivity (Wildman–Crippen MR) is 40.8 cm³/mol. The van der Waals surface area contributed by atoms with Crippen LogP contribution in [0.5, 0.6) is 0 Å². The van der Waals surface area contributed by atoms with Crippen molar-refractivity contribution in [3.8, 4) is 0 Å². The number of aromatic amines is 1. The first-order valence-corrected chi connectivity index (χ1v) is 3.46. The highest BCUT2D eigenvalue weighted by molar-refractivity contribution is 5.74. The van der Waals surface area contributed by atoms with Crippen molar-refractivity contribution in [1.82, 2.24) is 9.97 Å². The quantitative estimate of drug-likeness (QED) is 0.659. The van der Waals surface area contributed by atoms with Gasteiger partial charge in [0.05, 0.1) is 6.33 Å². The minimum Gasteiger partial charge on any atom is -0.370 e. The van der Waals surface area contributed by atoms with Crippen LogP contribution < -0.4 is 5.73 Å². The SMILES string of the molecule is C[C@@H](CC(N)=O)c1cnc[nH]1. The molecule has 4 nitrogen and oxygen atoms in total. The second-order valence-electron chi connectivity index (χ2n) is 2.58. The van der Waals surface area contributed by atoms with Gasteiger partial charge >= 0.3 is 0 Å². The maximum atomic E-state index is 10.5. The monoisotopic (exact) mass is 153 g/mol. The van der Waals surface area contributed by atoms with Gasteiger partial charge < -0.3 is 10.7 Å². The molecule has 11 heavy (non-hydrogen) atoms. The highest BCUT2D eigenvalue weighted by Crippen LogP contribution is 2.14. The van der Waals surface area contributed by atoms with E-state index in [1.165, 1.54) is 0 Å². The molecule has 0 unspecified atom stereocenters. The van der Waals surface area contributed by atoms with E-state index in [2.05, 4.69) is 9.97 Å². The number of amides is 1. The van der Waals surface area contributed by atoms with Gasteiger partial charge in [0.15, 0.2) is 0 Å². The molecule has 0 saturated carbocycles. The molecule has 3 N–H and O–H groups in total. The number of primary amides is 1. The average Bonchev–Trinajstić information content (AvgIpc) is 2.35. The standard InChI is InChI=1S/C7H11N3O/c1-5(2-7(8)11)6-3-9-4-10-6/h3-5H,2H2,1H3,(H2,8,11)(H,9,10)/t5-/m0/s1. The van der Waals surface area contributed by atoms with Gasteiger partial charge in [-0.25, -0.2) is 4.98 Å². The Balaban J connectivity index is 2.56. The largest absolute Gasteiger partial charge is 0.370 e. The van der Waals surface area contributed by atoms with Gasteiger partial charge in [-0.2, -0.15) is 0 Å². The fraction of sp³-hybridized carbons (Fsp3) is 0.429. The zero-order valence-electron chi connectivity index (χ0n) is 6.37. The number of hydrogen-bond donors (Lipinski definition) is 2. The second kappa shape index (κ2) is 3.18. The first kappa shape index (κ1) is 7.78. The first-order chi connectivity index (χ1) is 5.20. The van der Waals surface area contributed by atoms with Crippen LogP contribution in [0.2, 0.25) is 0 Å². The Morgan fingerprint density at radius 2 is 2.64 bits per heavy atom. The fourth-order valence-corrected chi connectivity index (χ4v) is 0.948. The van der Waals surface area contributed by atoms with Crippen LogP contribution in [-0.2, 0) is 4.79 Å². The topological polar surface area (TPSA) is 71.8 Å². The smallest absolute Gasteiger partial charge is 0.218 e. The molecule has 0 aliphatic carbocycles. The summed E-state index contributed by atoms with van der Waals surface area (Å²) in [5.41, 5.74) is 5.97. The van der Waals surface area contributed by atoms with Gasteiger partial charge in [-0.15, -0.1) is 0 Å². The number of hydrogen-bond acceptors (Lipinski definition) is 2. The maximum Gasteiger partial charge on any atom is 0.218 e. The lowest BCUT2D eigenvalue weighted by Crippen LogP contribution is -2.13. The molecule has 60 valence electrons. The van der Waals surface area contributed by atoms with Gasteiger partial charge in [-0.05, 0) is 0 Å². The van der Waals surface area contributed by atoms with E-state index in [0.717, 1.165) is 5.69 Å². The van der Waals surface area contributed by atoms with Crippen molar-refractivity contribution in [3.63, 3.8) is 0 Å². The van der Waals surface area contributed by atoms with Gasteiger partial charge in [0.1, 0.15) is 0 Å². The Bertz CT molecular complexity index is 230. The summed E-state index contributed by atoms with van der Waals surface area (Å²) in [5, 5.41) is 0. The molecule has 0 fully saturated rings. The number of carbonyl (C=O) groups excluding carboxylic acids is 1. The molecule has 1 heterocycles. The van der Waals surface area contributed by atoms with E-state index in [1.807, 2.05) is 6.92 Å². The summed E-state index contributed by atoms with van der Waals surface area (Å²) in [7, 11) is 0. The summed E-state index contributed by atoms with van der Waals surface area (Å²) in [5.74, 6) is -0.151. The molecule has 1 atom stereocenters. The summed E-state index contributed by atoms with van der Waals surface area (Å²) in [6.45, 7) is 1.93. The van der Waals surface area contributed by atoms with Crippen LogP contribution in [0.25, 0.3) is 0 Å². The number of nitrogens with one attached hydrogen (secondary N) is 1. The van der Waals surface area contributed by atoms with Crippen LogP contribution in [0.4, 0.5) is 0 Å². The molecule has 0 aliphatic heterocycles. The Morgan fingerprint density at radius 3 is 3.09 bits per heavy atom. The number of aromatic nitrogens is 2. The van der Waals surface area contributed by atoms with Crippen molar-refractivity contribution in [2.45, 2.75) is 19.3 Å². The summed E-state index contributed by atoms with van der Waals surface area (Å²) >= 11 is 0. The maximum absolute atomic E-state index is 10.5. The minimum absolute atomic E-state index is 0.134. The van der Waals surface area contributed by atoms with E-state index in [-0.39, 0.29) is 11.8 Å². The zero-order valence-corrected chi connectivity index (χ0v) is 6.37. The Morgan fingerprint density at radius 1 is 1.91 bits per heavy atom. The highest BCUT2D eigenvalue weighted by atomic mass is 16.1. The van der Waals surface area contributed by atoms with E-state index in [4.69, 9.17) is 5.73 Å². The van der Waals surface area contributed by atoms with E-state index in [1.54, 1.807) is 12.5 Å². The average molecular weight is 153 g/mol. The predicted octanol–water partition coefficient (Wildman–Crippen LogP) is 0.389. The van der Waals surface area contributed by atoms with E-state index in [0.29, 0.717) is 6.42 Å². The van der Waals surface area contributed by atoms with Crippen LogP contribution in [0.1, 0.15) is 25.0 Å². The van der Waals surface area contributed by atoms with Gasteiger partial charge in [-0.3, -0.25) is 4.79 Å². The van der Waals surface area contributed by atoms with Crippen molar-refractivity contribution >= 4 is 5.91 Å². The Labute approximate surface area is 64.8 Å². The normalized spacial score (nSPS) is 12.8. The first-order valence-electron chi connectivity index (χ1n) is 3.46. The molecular formula is C7H11N3O. The van der Waals surface area contributed by atoms with Crippen LogP contribution in [0.15, 0.2) is 12.5 Å². The van der Waals surface area contributed by atoms with Crippen LogP contribution in [0, 0.1) is 0 Å². The summed E-state index contributed by atoms with van der Waals surface area (Å²) < 4.78 is 0. The summed E-state index contributed by atoms with van der Waals surface area (Å²) in [6, 6.07) is 0. The molecule has 0 radical (unpaired) electrons. The lowest BCUT2D eigenvalue weighted by atomic mass is 10.1. The molecule has 1 aromatic rings. The summed E-state index contributed by atoms with van der Waals surface area (Å²) in [6.07, 6.45) is 3.66. The van der Waals surface area contributed by atoms with E-state index >= 15 is 0 Å². The van der Waals surface area contributed by atoms with Crippen LogP contribution in [0.3, 0.4) is 0 Å². The summed E-state index contributed by atoms with van der Waals surface area (Å²) in [4.78, 5) is 17.3. The van der Waals surface area contributed by atoms with Crippen molar-refractivity contribution in [2.24, 2.45) is 5.73 Å². The third-order valence-corrected chi connectivity index (χ3v) is 1.56. The van der Waals surface area contributed by atoms with Gasteiger partial charge in [0.25, 0.3) is 0 Å². The van der Waals surface area contributed by atoms with Gasteiger partial charge in [-0.1, -0.05) is 6.92 Å². The van der Waals surface area contributed by atoms with Crippen molar-refractivity contribution in [2.75, 3.05) is 0 Å². The lowest BCUT2D eigenvalue weighted by molar-refractivity contribution is -0.118. The lowest BCUT2D eigenvalue weighted by Gasteiger charge is -2.04. The number of imidazole rings is 1. The van der Waals surface area contributed by atoms with Gasteiger partial charge in [0, 0.05) is 24.2 Å². The molecule has 1 amide bonds. The highest BCUT2D eigenvalue weighted by Gasteiger charge is 2.08. The number of carbonyl (C=O) groups is 1. The van der Waals surface area contributed by atoms with Crippen LogP contribution in [-0.4, -0.2) is 15.9 Å². The number of nitrogens with two attached hydrogens (primary N) is 1. The van der Waals surface area contributed by atoms with Crippen LogP contribution >= 0.6 is 0 Å². The number of rotatable bonds is 3. The number of H-pyrrole nitrogens is 1. The molecular weight excluding hydrogens is 142 g/mol. The molecule has 1 aromatic heterocycles. The molecule has 0 spiro atoms. The van der Waals surface area contributed by atoms with E-state index < -0.39 is 0 Å². The molecule has 0 saturated heterocycles.